The van der Waals surface area contributed by atoms with Crippen LogP contribution in [0.1, 0.15) is 26.2 Å². The third-order valence-corrected chi connectivity index (χ3v) is 5.56. The fourth-order valence-corrected chi connectivity index (χ4v) is 3.29. The van der Waals surface area contributed by atoms with Crippen LogP contribution in [0.4, 0.5) is 0 Å². The van der Waals surface area contributed by atoms with Crippen molar-refractivity contribution in [2.24, 2.45) is 5.41 Å². The van der Waals surface area contributed by atoms with Crippen LogP contribution in [0.5, 0.6) is 0 Å². The molecule has 19 heavy (non-hydrogen) atoms. The number of hydrogen-bond donors (Lipinski definition) is 1. The summed E-state index contributed by atoms with van der Waals surface area (Å²) >= 11 is 0. The normalized spacial score (nSPS) is 23.9. The number of nitrogens with one attached hydrogen (secondary N) is 1. The second-order valence-corrected chi connectivity index (χ2v) is 7.78. The maximum absolute atomic E-state index is 11.5. The Kier molecular flexibility index (Phi) is 7.28. The Bertz CT molecular complexity index is 337. The fourth-order valence-electron chi connectivity index (χ4n) is 2.41. The molecule has 0 spiro atoms. The quantitative estimate of drug-likeness (QED) is 0.605. The van der Waals surface area contributed by atoms with Crippen LogP contribution < -0.4 is 5.32 Å². The minimum atomic E-state index is -2.85. The van der Waals surface area contributed by atoms with Gasteiger partial charge in [0.05, 0.1) is 19.0 Å². The van der Waals surface area contributed by atoms with E-state index in [-0.39, 0.29) is 11.2 Å². The predicted octanol–water partition coefficient (Wildman–Crippen LogP) is 0.844. The first-order valence-electron chi connectivity index (χ1n) is 7.01. The van der Waals surface area contributed by atoms with Gasteiger partial charge in [-0.15, -0.1) is 0 Å². The van der Waals surface area contributed by atoms with Crippen molar-refractivity contribution in [3.05, 3.63) is 0 Å². The van der Waals surface area contributed by atoms with Gasteiger partial charge in [0.25, 0.3) is 0 Å². The van der Waals surface area contributed by atoms with Crippen LogP contribution in [-0.4, -0.2) is 59.9 Å². The van der Waals surface area contributed by atoms with E-state index >= 15 is 0 Å². The lowest BCUT2D eigenvalue weighted by Crippen LogP contribution is -2.36. The molecule has 1 aliphatic heterocycles. The van der Waals surface area contributed by atoms with Gasteiger partial charge in [-0.2, -0.15) is 0 Å². The molecule has 6 heteroatoms. The third-order valence-electron chi connectivity index (χ3n) is 3.77. The first kappa shape index (κ1) is 16.9. The highest BCUT2D eigenvalue weighted by Gasteiger charge is 2.34. The molecule has 1 heterocycles. The first-order valence-corrected chi connectivity index (χ1v) is 8.83. The van der Waals surface area contributed by atoms with Crippen LogP contribution >= 0.6 is 0 Å². The van der Waals surface area contributed by atoms with Gasteiger partial charge >= 0.3 is 0 Å². The van der Waals surface area contributed by atoms with Crippen molar-refractivity contribution < 1.29 is 17.9 Å². The summed E-state index contributed by atoms with van der Waals surface area (Å²) in [6.07, 6.45) is 2.65. The number of sulfone groups is 1. The van der Waals surface area contributed by atoms with Gasteiger partial charge in [-0.1, -0.05) is 6.92 Å². The molecule has 1 saturated heterocycles. The molecule has 0 aromatic heterocycles. The topological polar surface area (TPSA) is 64.6 Å². The largest absolute Gasteiger partial charge is 0.383 e. The van der Waals surface area contributed by atoms with Crippen molar-refractivity contribution in [3.8, 4) is 0 Å². The van der Waals surface area contributed by atoms with Gasteiger partial charge in [0.2, 0.25) is 0 Å². The van der Waals surface area contributed by atoms with E-state index in [0.717, 1.165) is 45.6 Å². The molecule has 1 atom stereocenters. The van der Waals surface area contributed by atoms with Crippen LogP contribution in [0.15, 0.2) is 0 Å². The second-order valence-electron chi connectivity index (χ2n) is 5.31. The summed E-state index contributed by atoms with van der Waals surface area (Å²) in [5.74, 6) is 0.534. The molecule has 0 bridgehead atoms. The summed E-state index contributed by atoms with van der Waals surface area (Å²) in [4.78, 5) is 0. The monoisotopic (exact) mass is 293 g/mol. The third kappa shape index (κ3) is 6.21. The van der Waals surface area contributed by atoms with Crippen LogP contribution in [0, 0.1) is 5.41 Å². The van der Waals surface area contributed by atoms with E-state index in [2.05, 4.69) is 5.32 Å². The maximum atomic E-state index is 11.5. The van der Waals surface area contributed by atoms with E-state index < -0.39 is 9.84 Å². The molecule has 0 amide bonds. The average Bonchev–Trinajstić information content (AvgIpc) is 2.84. The molecule has 1 fully saturated rings. The lowest BCUT2D eigenvalue weighted by molar-refractivity contribution is 0.139. The van der Waals surface area contributed by atoms with Gasteiger partial charge in [0, 0.05) is 38.0 Å². The molecule has 0 aliphatic carbocycles. The lowest BCUT2D eigenvalue weighted by Gasteiger charge is -2.27. The summed E-state index contributed by atoms with van der Waals surface area (Å²) in [5, 5.41) is 3.38. The summed E-state index contributed by atoms with van der Waals surface area (Å²) in [6, 6.07) is 0. The van der Waals surface area contributed by atoms with E-state index in [4.69, 9.17) is 9.47 Å². The standard InChI is InChI=1S/C13H27NO4S/c1-3-19(15,16)10-4-5-13(6-8-18-12-13)11-14-7-9-17-2/h14H,3-12H2,1-2H3. The van der Waals surface area contributed by atoms with Gasteiger partial charge < -0.3 is 14.8 Å². The van der Waals surface area contributed by atoms with E-state index in [9.17, 15) is 8.42 Å². The number of rotatable bonds is 10. The molecule has 1 unspecified atom stereocenters. The molecule has 0 saturated carbocycles. The molecule has 0 radical (unpaired) electrons. The molecule has 1 N–H and O–H groups in total. The van der Waals surface area contributed by atoms with Gasteiger partial charge in [-0.05, 0) is 19.3 Å². The molecule has 1 aliphatic rings. The smallest absolute Gasteiger partial charge is 0.150 e. The van der Waals surface area contributed by atoms with Crippen LogP contribution in [0.3, 0.4) is 0 Å². The predicted molar refractivity (Wildman–Crippen MR) is 76.2 cm³/mol. The number of ether oxygens (including phenoxy) is 2. The molecule has 5 nitrogen and oxygen atoms in total. The van der Waals surface area contributed by atoms with Gasteiger partial charge in [0.15, 0.2) is 0 Å². The summed E-state index contributed by atoms with van der Waals surface area (Å²) in [5.41, 5.74) is 0.108. The molecule has 114 valence electrons. The highest BCUT2D eigenvalue weighted by atomic mass is 32.2. The van der Waals surface area contributed by atoms with Crippen molar-refractivity contribution in [1.82, 2.24) is 5.32 Å². The Morgan fingerprint density at radius 2 is 2.21 bits per heavy atom. The molecular weight excluding hydrogens is 266 g/mol. The van der Waals surface area contributed by atoms with Gasteiger partial charge in [-0.25, -0.2) is 8.42 Å². The molecule has 0 aromatic rings. The van der Waals surface area contributed by atoms with E-state index in [1.807, 2.05) is 0 Å². The van der Waals surface area contributed by atoms with Gasteiger partial charge in [0.1, 0.15) is 9.84 Å². The van der Waals surface area contributed by atoms with Crippen LogP contribution in [0.2, 0.25) is 0 Å². The summed E-state index contributed by atoms with van der Waals surface area (Å²) in [6.45, 7) is 5.62. The van der Waals surface area contributed by atoms with E-state index in [0.29, 0.717) is 12.4 Å². The maximum Gasteiger partial charge on any atom is 0.150 e. The second kappa shape index (κ2) is 8.19. The van der Waals surface area contributed by atoms with Crippen molar-refractivity contribution in [2.45, 2.75) is 26.2 Å². The highest BCUT2D eigenvalue weighted by Crippen LogP contribution is 2.33. The van der Waals surface area contributed by atoms with Crippen molar-refractivity contribution in [1.29, 1.82) is 0 Å². The van der Waals surface area contributed by atoms with E-state index in [1.54, 1.807) is 14.0 Å². The zero-order chi connectivity index (χ0) is 14.2. The summed E-state index contributed by atoms with van der Waals surface area (Å²) < 4.78 is 33.5. The minimum Gasteiger partial charge on any atom is -0.383 e. The number of methoxy groups -OCH3 is 1. The first-order chi connectivity index (χ1) is 9.04. The Balaban J connectivity index is 2.35. The van der Waals surface area contributed by atoms with Crippen LogP contribution in [0.25, 0.3) is 0 Å². The zero-order valence-corrected chi connectivity index (χ0v) is 12.9. The summed E-state index contributed by atoms with van der Waals surface area (Å²) in [7, 11) is -1.16. The molecular formula is C13H27NO4S. The highest BCUT2D eigenvalue weighted by molar-refractivity contribution is 7.91. The lowest BCUT2D eigenvalue weighted by atomic mass is 9.82. The Morgan fingerprint density at radius 3 is 2.79 bits per heavy atom. The Hall–Kier alpha value is -0.170. The van der Waals surface area contributed by atoms with Crippen molar-refractivity contribution >= 4 is 9.84 Å². The van der Waals surface area contributed by atoms with Crippen LogP contribution in [-0.2, 0) is 19.3 Å². The zero-order valence-electron chi connectivity index (χ0n) is 12.1. The van der Waals surface area contributed by atoms with Crippen molar-refractivity contribution in [2.75, 3.05) is 51.5 Å². The van der Waals surface area contributed by atoms with Crippen molar-refractivity contribution in [3.63, 3.8) is 0 Å². The Morgan fingerprint density at radius 1 is 1.42 bits per heavy atom. The fraction of sp³-hybridized carbons (Fsp3) is 1.00. The van der Waals surface area contributed by atoms with Gasteiger partial charge in [-0.3, -0.25) is 0 Å². The SMILES string of the molecule is CCS(=O)(=O)CCCC1(CNCCOC)CCOC1. The number of hydrogen-bond acceptors (Lipinski definition) is 5. The van der Waals surface area contributed by atoms with E-state index in [1.165, 1.54) is 0 Å². The molecule has 1 rings (SSSR count). The molecule has 0 aromatic carbocycles. The Labute approximate surface area is 117 Å². The average molecular weight is 293 g/mol. The minimum absolute atomic E-state index is 0.108.